The molecule has 0 bridgehead atoms. The molecule has 0 saturated carbocycles. The van der Waals surface area contributed by atoms with Gasteiger partial charge in [0.25, 0.3) is 0 Å². The van der Waals surface area contributed by atoms with Crippen LogP contribution in [0.3, 0.4) is 0 Å². The molecule has 1 atom stereocenters. The van der Waals surface area contributed by atoms with Crippen LogP contribution in [0.4, 0.5) is 4.79 Å². The van der Waals surface area contributed by atoms with Gasteiger partial charge in [-0.25, -0.2) is 9.59 Å². The maximum Gasteiger partial charge on any atom is 0.408 e. The summed E-state index contributed by atoms with van der Waals surface area (Å²) in [6.07, 6.45) is 0.488. The SMILES string of the molecule is CC(C)(C)OC(=O)NC1(C(=O)O)CCc2cc(Br)ccc2C1. The average molecular weight is 370 g/mol. The van der Waals surface area contributed by atoms with Gasteiger partial charge in [-0.1, -0.05) is 22.0 Å². The van der Waals surface area contributed by atoms with E-state index in [1.807, 2.05) is 18.2 Å². The van der Waals surface area contributed by atoms with Crippen LogP contribution in [-0.4, -0.2) is 28.3 Å². The summed E-state index contributed by atoms with van der Waals surface area (Å²) in [5.74, 6) is -1.04. The molecule has 1 amide bonds. The van der Waals surface area contributed by atoms with Crippen molar-refractivity contribution in [2.75, 3.05) is 0 Å². The molecule has 1 aliphatic carbocycles. The fourth-order valence-electron chi connectivity index (χ4n) is 2.60. The highest BCUT2D eigenvalue weighted by atomic mass is 79.9. The monoisotopic (exact) mass is 369 g/mol. The molecular formula is C16H20BrNO4. The van der Waals surface area contributed by atoms with Gasteiger partial charge < -0.3 is 15.2 Å². The number of carbonyl (C=O) groups is 2. The third-order valence-corrected chi connectivity index (χ3v) is 4.12. The molecule has 2 rings (SSSR count). The van der Waals surface area contributed by atoms with Gasteiger partial charge in [0.15, 0.2) is 0 Å². The minimum Gasteiger partial charge on any atom is -0.479 e. The third kappa shape index (κ3) is 3.80. The number of carbonyl (C=O) groups excluding carboxylic acids is 1. The highest BCUT2D eigenvalue weighted by molar-refractivity contribution is 9.10. The summed E-state index contributed by atoms with van der Waals surface area (Å²) >= 11 is 3.42. The normalized spacial score (nSPS) is 20.9. The van der Waals surface area contributed by atoms with E-state index in [1.54, 1.807) is 20.8 Å². The molecular weight excluding hydrogens is 350 g/mol. The van der Waals surface area contributed by atoms with Crippen LogP contribution < -0.4 is 5.32 Å². The van der Waals surface area contributed by atoms with Crippen molar-refractivity contribution in [2.24, 2.45) is 0 Å². The Bertz CT molecular complexity index is 609. The largest absolute Gasteiger partial charge is 0.479 e. The number of aliphatic carboxylic acids is 1. The molecule has 5 nitrogen and oxygen atoms in total. The first-order chi connectivity index (χ1) is 10.1. The molecule has 2 N–H and O–H groups in total. The Labute approximate surface area is 138 Å². The Morgan fingerprint density at radius 2 is 2.00 bits per heavy atom. The maximum atomic E-state index is 12.0. The first kappa shape index (κ1) is 16.8. The summed E-state index contributed by atoms with van der Waals surface area (Å²) in [7, 11) is 0. The van der Waals surface area contributed by atoms with Crippen molar-refractivity contribution in [1.29, 1.82) is 0 Å². The van der Waals surface area contributed by atoms with Crippen LogP contribution in [-0.2, 0) is 22.4 Å². The lowest BCUT2D eigenvalue weighted by atomic mass is 9.78. The zero-order valence-corrected chi connectivity index (χ0v) is 14.5. The van der Waals surface area contributed by atoms with Crippen molar-refractivity contribution in [2.45, 2.75) is 51.2 Å². The Kier molecular flexibility index (Phi) is 4.52. The smallest absolute Gasteiger partial charge is 0.408 e. The number of fused-ring (bicyclic) bond motifs is 1. The van der Waals surface area contributed by atoms with Gasteiger partial charge in [-0.05, 0) is 56.9 Å². The third-order valence-electron chi connectivity index (χ3n) is 3.63. The molecule has 0 fully saturated rings. The molecule has 6 heteroatoms. The Hall–Kier alpha value is -1.56. The summed E-state index contributed by atoms with van der Waals surface area (Å²) < 4.78 is 6.17. The van der Waals surface area contributed by atoms with Gasteiger partial charge in [0.05, 0.1) is 0 Å². The lowest BCUT2D eigenvalue weighted by Gasteiger charge is -2.35. The molecule has 0 aromatic heterocycles. The first-order valence-corrected chi connectivity index (χ1v) is 7.92. The van der Waals surface area contributed by atoms with E-state index >= 15 is 0 Å². The van der Waals surface area contributed by atoms with Crippen molar-refractivity contribution < 1.29 is 19.4 Å². The van der Waals surface area contributed by atoms with Crippen molar-refractivity contribution in [1.82, 2.24) is 5.32 Å². The number of hydrogen-bond donors (Lipinski definition) is 2. The van der Waals surface area contributed by atoms with E-state index in [1.165, 1.54) is 0 Å². The lowest BCUT2D eigenvalue weighted by molar-refractivity contribution is -0.145. The minimum atomic E-state index is -1.32. The number of carboxylic acid groups (broad SMARTS) is 1. The van der Waals surface area contributed by atoms with Gasteiger partial charge in [0.2, 0.25) is 0 Å². The van der Waals surface area contributed by atoms with E-state index in [0.717, 1.165) is 15.6 Å². The second-order valence-corrected chi connectivity index (χ2v) is 7.52. The molecule has 1 aliphatic rings. The van der Waals surface area contributed by atoms with Gasteiger partial charge in [0.1, 0.15) is 11.1 Å². The predicted octanol–water partition coefficient (Wildman–Crippen LogP) is 3.29. The molecule has 120 valence electrons. The molecule has 1 aromatic rings. The number of aryl methyl sites for hydroxylation is 1. The van der Waals surface area contributed by atoms with E-state index in [9.17, 15) is 14.7 Å². The Morgan fingerprint density at radius 3 is 2.59 bits per heavy atom. The van der Waals surface area contributed by atoms with E-state index in [-0.39, 0.29) is 6.42 Å². The quantitative estimate of drug-likeness (QED) is 0.838. The van der Waals surface area contributed by atoms with Crippen molar-refractivity contribution in [3.63, 3.8) is 0 Å². The fourth-order valence-corrected chi connectivity index (χ4v) is 3.01. The standard InChI is InChI=1S/C16H20BrNO4/c1-15(2,3)22-14(21)18-16(13(19)20)7-6-10-8-12(17)5-4-11(10)9-16/h4-5,8H,6-7,9H2,1-3H3,(H,18,21)(H,19,20). The summed E-state index contributed by atoms with van der Waals surface area (Å²) in [5.41, 5.74) is 0.0647. The second-order valence-electron chi connectivity index (χ2n) is 6.60. The Morgan fingerprint density at radius 1 is 1.32 bits per heavy atom. The number of alkyl carbamates (subject to hydrolysis) is 1. The van der Waals surface area contributed by atoms with Gasteiger partial charge in [-0.3, -0.25) is 0 Å². The fraction of sp³-hybridized carbons (Fsp3) is 0.500. The van der Waals surface area contributed by atoms with Crippen LogP contribution in [0, 0.1) is 0 Å². The number of ether oxygens (including phenoxy) is 1. The van der Waals surface area contributed by atoms with E-state index < -0.39 is 23.2 Å². The van der Waals surface area contributed by atoms with Gasteiger partial charge >= 0.3 is 12.1 Å². The van der Waals surface area contributed by atoms with Crippen LogP contribution in [0.2, 0.25) is 0 Å². The van der Waals surface area contributed by atoms with Crippen LogP contribution >= 0.6 is 15.9 Å². The van der Waals surface area contributed by atoms with Crippen molar-refractivity contribution in [3.05, 3.63) is 33.8 Å². The minimum absolute atomic E-state index is 0.254. The predicted molar refractivity (Wildman–Crippen MR) is 85.9 cm³/mol. The number of benzene rings is 1. The number of hydrogen-bond acceptors (Lipinski definition) is 3. The van der Waals surface area contributed by atoms with Crippen LogP contribution in [0.5, 0.6) is 0 Å². The van der Waals surface area contributed by atoms with Crippen LogP contribution in [0.15, 0.2) is 22.7 Å². The van der Waals surface area contributed by atoms with Crippen molar-refractivity contribution in [3.8, 4) is 0 Å². The molecule has 1 aromatic carbocycles. The molecule has 0 aliphatic heterocycles. The van der Waals surface area contributed by atoms with Gasteiger partial charge in [-0.2, -0.15) is 0 Å². The lowest BCUT2D eigenvalue weighted by Crippen LogP contribution is -2.58. The maximum absolute atomic E-state index is 12.0. The van der Waals surface area contributed by atoms with E-state index in [2.05, 4.69) is 21.2 Å². The highest BCUT2D eigenvalue weighted by Crippen LogP contribution is 2.31. The van der Waals surface area contributed by atoms with Crippen molar-refractivity contribution >= 4 is 28.0 Å². The first-order valence-electron chi connectivity index (χ1n) is 7.13. The summed E-state index contributed by atoms with van der Waals surface area (Å²) in [6, 6.07) is 5.77. The number of carboxylic acids is 1. The number of nitrogens with one attached hydrogen (secondary N) is 1. The zero-order valence-electron chi connectivity index (χ0n) is 12.9. The molecule has 0 radical (unpaired) electrons. The van der Waals surface area contributed by atoms with E-state index in [4.69, 9.17) is 4.74 Å². The summed E-state index contributed by atoms with van der Waals surface area (Å²) in [4.78, 5) is 23.8. The summed E-state index contributed by atoms with van der Waals surface area (Å²) in [6.45, 7) is 5.23. The second kappa shape index (κ2) is 5.91. The number of rotatable bonds is 2. The average Bonchev–Trinajstić information content (AvgIpc) is 2.36. The van der Waals surface area contributed by atoms with Gasteiger partial charge in [-0.15, -0.1) is 0 Å². The van der Waals surface area contributed by atoms with Crippen LogP contribution in [0.25, 0.3) is 0 Å². The highest BCUT2D eigenvalue weighted by Gasteiger charge is 2.43. The summed E-state index contributed by atoms with van der Waals surface area (Å²) in [5, 5.41) is 12.2. The molecule has 22 heavy (non-hydrogen) atoms. The molecule has 1 unspecified atom stereocenters. The molecule has 0 spiro atoms. The Balaban J connectivity index is 2.23. The molecule has 0 heterocycles. The number of amides is 1. The van der Waals surface area contributed by atoms with Gasteiger partial charge in [0, 0.05) is 10.9 Å². The van der Waals surface area contributed by atoms with Crippen LogP contribution in [0.1, 0.15) is 38.3 Å². The molecule has 0 saturated heterocycles. The topological polar surface area (TPSA) is 75.6 Å². The van der Waals surface area contributed by atoms with E-state index in [0.29, 0.717) is 12.8 Å². The number of halogens is 1. The zero-order chi connectivity index (χ0) is 16.5.